The molecule has 132 valence electrons. The number of nitrogens with zero attached hydrogens (tertiary/aromatic N) is 2. The van der Waals surface area contributed by atoms with Gasteiger partial charge in [-0.25, -0.2) is 18.7 Å². The zero-order valence-corrected chi connectivity index (χ0v) is 14.1. The Labute approximate surface area is 153 Å². The van der Waals surface area contributed by atoms with Gasteiger partial charge in [0.2, 0.25) is 0 Å². The number of anilines is 2. The zero-order chi connectivity index (χ0) is 18.5. The van der Waals surface area contributed by atoms with Crippen LogP contribution in [0.25, 0.3) is 0 Å². The quantitative estimate of drug-likeness (QED) is 0.706. The third kappa shape index (κ3) is 4.31. The van der Waals surface area contributed by atoms with Crippen LogP contribution in [0.2, 0.25) is 5.02 Å². The van der Waals surface area contributed by atoms with Gasteiger partial charge in [0.1, 0.15) is 29.5 Å². The molecule has 0 bridgehead atoms. The Morgan fingerprint density at radius 3 is 2.65 bits per heavy atom. The van der Waals surface area contributed by atoms with Crippen molar-refractivity contribution in [1.29, 1.82) is 0 Å². The lowest BCUT2D eigenvalue weighted by Crippen LogP contribution is -2.24. The molecule has 0 atom stereocenters. The van der Waals surface area contributed by atoms with Crippen LogP contribution in [0.4, 0.5) is 20.3 Å². The lowest BCUT2D eigenvalue weighted by atomic mass is 10.2. The number of aromatic nitrogens is 2. The highest BCUT2D eigenvalue weighted by Gasteiger charge is 2.11. The van der Waals surface area contributed by atoms with Crippen molar-refractivity contribution in [2.24, 2.45) is 0 Å². The van der Waals surface area contributed by atoms with Crippen LogP contribution >= 0.6 is 11.6 Å². The molecule has 3 rings (SSSR count). The Bertz CT molecular complexity index is 952. The van der Waals surface area contributed by atoms with Crippen molar-refractivity contribution in [1.82, 2.24) is 15.3 Å². The first-order valence-corrected chi connectivity index (χ1v) is 7.96. The van der Waals surface area contributed by atoms with Crippen LogP contribution in [0.15, 0.2) is 54.9 Å². The third-order valence-electron chi connectivity index (χ3n) is 3.49. The van der Waals surface area contributed by atoms with Crippen LogP contribution in [0.5, 0.6) is 0 Å². The van der Waals surface area contributed by atoms with Gasteiger partial charge in [-0.15, -0.1) is 0 Å². The van der Waals surface area contributed by atoms with Crippen molar-refractivity contribution in [3.63, 3.8) is 0 Å². The van der Waals surface area contributed by atoms with Gasteiger partial charge in [-0.1, -0.05) is 29.8 Å². The number of carbonyl (C=O) groups is 1. The SMILES string of the molecule is O=C(NCc1ccccc1Cl)c1cc(Nc2ccc(F)cc2F)ncn1. The molecule has 8 heteroatoms. The second-order valence-electron chi connectivity index (χ2n) is 5.31. The summed E-state index contributed by atoms with van der Waals surface area (Å²) in [5.74, 6) is -1.69. The number of amides is 1. The fourth-order valence-corrected chi connectivity index (χ4v) is 2.39. The molecule has 0 aliphatic heterocycles. The molecule has 26 heavy (non-hydrogen) atoms. The maximum absolute atomic E-state index is 13.7. The van der Waals surface area contributed by atoms with Crippen LogP contribution in [0, 0.1) is 11.6 Å². The summed E-state index contributed by atoms with van der Waals surface area (Å²) in [6, 6.07) is 11.6. The van der Waals surface area contributed by atoms with E-state index < -0.39 is 17.5 Å². The molecule has 0 aliphatic carbocycles. The molecule has 2 aromatic carbocycles. The maximum atomic E-state index is 13.7. The number of rotatable bonds is 5. The lowest BCUT2D eigenvalue weighted by molar-refractivity contribution is 0.0946. The highest BCUT2D eigenvalue weighted by molar-refractivity contribution is 6.31. The van der Waals surface area contributed by atoms with E-state index in [9.17, 15) is 13.6 Å². The summed E-state index contributed by atoms with van der Waals surface area (Å²) >= 11 is 6.05. The molecule has 1 aromatic heterocycles. The zero-order valence-electron chi connectivity index (χ0n) is 13.3. The highest BCUT2D eigenvalue weighted by Crippen LogP contribution is 2.19. The first-order valence-electron chi connectivity index (χ1n) is 7.58. The molecule has 0 fully saturated rings. The van der Waals surface area contributed by atoms with E-state index in [1.807, 2.05) is 6.07 Å². The Hall–Kier alpha value is -3.06. The van der Waals surface area contributed by atoms with Crippen LogP contribution in [0.3, 0.4) is 0 Å². The summed E-state index contributed by atoms with van der Waals surface area (Å²) in [4.78, 5) is 20.1. The van der Waals surface area contributed by atoms with Crippen LogP contribution < -0.4 is 10.6 Å². The summed E-state index contributed by atoms with van der Waals surface area (Å²) in [7, 11) is 0. The smallest absolute Gasteiger partial charge is 0.270 e. The van der Waals surface area contributed by atoms with Crippen molar-refractivity contribution in [3.05, 3.63) is 82.8 Å². The number of halogens is 3. The Kier molecular flexibility index (Phi) is 5.38. The monoisotopic (exact) mass is 374 g/mol. The molecule has 1 heterocycles. The standard InChI is InChI=1S/C18H13ClF2N4O/c19-13-4-2-1-3-11(13)9-22-18(26)16-8-17(24-10-23-16)25-15-6-5-12(20)7-14(15)21/h1-8,10H,9H2,(H,22,26)(H,23,24,25). The summed E-state index contributed by atoms with van der Waals surface area (Å²) < 4.78 is 26.7. The van der Waals surface area contributed by atoms with Gasteiger partial charge < -0.3 is 10.6 Å². The summed E-state index contributed by atoms with van der Waals surface area (Å²) in [5.41, 5.74) is 0.896. The fourth-order valence-electron chi connectivity index (χ4n) is 2.19. The van der Waals surface area contributed by atoms with E-state index in [1.54, 1.807) is 18.2 Å². The van der Waals surface area contributed by atoms with E-state index in [4.69, 9.17) is 11.6 Å². The molecule has 0 spiro atoms. The van der Waals surface area contributed by atoms with Gasteiger partial charge in [-0.2, -0.15) is 0 Å². The largest absolute Gasteiger partial charge is 0.347 e. The van der Waals surface area contributed by atoms with Gasteiger partial charge in [-0.05, 0) is 23.8 Å². The minimum atomic E-state index is -0.770. The van der Waals surface area contributed by atoms with Gasteiger partial charge >= 0.3 is 0 Å². The van der Waals surface area contributed by atoms with Crippen molar-refractivity contribution in [2.45, 2.75) is 6.54 Å². The van der Waals surface area contributed by atoms with Crippen molar-refractivity contribution < 1.29 is 13.6 Å². The van der Waals surface area contributed by atoms with Crippen LogP contribution in [-0.4, -0.2) is 15.9 Å². The van der Waals surface area contributed by atoms with Crippen LogP contribution in [0.1, 0.15) is 16.1 Å². The molecule has 0 unspecified atom stereocenters. The second-order valence-corrected chi connectivity index (χ2v) is 5.72. The number of hydrogen-bond acceptors (Lipinski definition) is 4. The van der Waals surface area contributed by atoms with Gasteiger partial charge in [0, 0.05) is 23.7 Å². The number of benzene rings is 2. The van der Waals surface area contributed by atoms with Gasteiger partial charge in [0.25, 0.3) is 5.91 Å². The average Bonchev–Trinajstić information content (AvgIpc) is 2.63. The number of carbonyl (C=O) groups excluding carboxylic acids is 1. The van der Waals surface area contributed by atoms with Gasteiger partial charge in [0.15, 0.2) is 0 Å². The molecule has 3 aromatic rings. The minimum Gasteiger partial charge on any atom is -0.347 e. The molecule has 0 radical (unpaired) electrons. The summed E-state index contributed by atoms with van der Waals surface area (Å²) in [6.07, 6.45) is 1.17. The van der Waals surface area contributed by atoms with E-state index in [0.717, 1.165) is 17.7 Å². The number of nitrogens with one attached hydrogen (secondary N) is 2. The molecule has 0 saturated heterocycles. The molecule has 1 amide bonds. The van der Waals surface area contributed by atoms with Crippen molar-refractivity contribution in [2.75, 3.05) is 5.32 Å². The van der Waals surface area contributed by atoms with E-state index in [1.165, 1.54) is 18.5 Å². The highest BCUT2D eigenvalue weighted by atomic mass is 35.5. The van der Waals surface area contributed by atoms with Crippen LogP contribution in [-0.2, 0) is 6.54 Å². The Balaban J connectivity index is 1.70. The Morgan fingerprint density at radius 2 is 1.88 bits per heavy atom. The van der Waals surface area contributed by atoms with Gasteiger partial charge in [-0.3, -0.25) is 4.79 Å². The molecule has 0 saturated carbocycles. The Morgan fingerprint density at radius 1 is 1.08 bits per heavy atom. The van der Waals surface area contributed by atoms with Crippen molar-refractivity contribution in [3.8, 4) is 0 Å². The maximum Gasteiger partial charge on any atom is 0.270 e. The molecule has 2 N–H and O–H groups in total. The predicted molar refractivity (Wildman–Crippen MR) is 94.3 cm³/mol. The summed E-state index contributed by atoms with van der Waals surface area (Å²) in [5, 5.41) is 5.93. The minimum absolute atomic E-state index is 0.0347. The lowest BCUT2D eigenvalue weighted by Gasteiger charge is -2.09. The number of hydrogen-bond donors (Lipinski definition) is 2. The predicted octanol–water partition coefficient (Wildman–Crippen LogP) is 4.08. The van der Waals surface area contributed by atoms with E-state index in [0.29, 0.717) is 5.02 Å². The van der Waals surface area contributed by atoms with Gasteiger partial charge in [0.05, 0.1) is 5.69 Å². The normalized spacial score (nSPS) is 10.4. The summed E-state index contributed by atoms with van der Waals surface area (Å²) in [6.45, 7) is 0.234. The molecule has 5 nitrogen and oxygen atoms in total. The molecular formula is C18H13ClF2N4O. The topological polar surface area (TPSA) is 66.9 Å². The van der Waals surface area contributed by atoms with Crippen molar-refractivity contribution >= 4 is 29.0 Å². The third-order valence-corrected chi connectivity index (χ3v) is 3.86. The first-order chi connectivity index (χ1) is 12.5. The molecule has 0 aliphatic rings. The van der Waals surface area contributed by atoms with E-state index in [2.05, 4.69) is 20.6 Å². The fraction of sp³-hybridized carbons (Fsp3) is 0.0556. The molecular weight excluding hydrogens is 362 g/mol. The second kappa shape index (κ2) is 7.88. The average molecular weight is 375 g/mol. The van der Waals surface area contributed by atoms with E-state index in [-0.39, 0.29) is 23.7 Å². The van der Waals surface area contributed by atoms with E-state index >= 15 is 0 Å². The first kappa shape index (κ1) is 17.8.